The van der Waals surface area contributed by atoms with Gasteiger partial charge in [0.25, 0.3) is 0 Å². The van der Waals surface area contributed by atoms with E-state index in [0.29, 0.717) is 24.0 Å². The van der Waals surface area contributed by atoms with Gasteiger partial charge in [0, 0.05) is 35.8 Å². The van der Waals surface area contributed by atoms with E-state index < -0.39 is 0 Å². The monoisotopic (exact) mass is 416 g/mol. The Morgan fingerprint density at radius 2 is 1.88 bits per heavy atom. The zero-order valence-electron chi connectivity index (χ0n) is 15.1. The Morgan fingerprint density at radius 3 is 2.50 bits per heavy atom. The molecule has 26 heavy (non-hydrogen) atoms. The third-order valence-electron chi connectivity index (χ3n) is 5.47. The molecule has 1 N–H and O–H groups in total. The Morgan fingerprint density at radius 1 is 1.19 bits per heavy atom. The van der Waals surface area contributed by atoms with Crippen LogP contribution in [0.2, 0.25) is 0 Å². The topological polar surface area (TPSA) is 54.6 Å². The molecule has 1 heterocycles. The largest absolute Gasteiger partial charge is 0.411 e. The number of aryl methyl sites for hydroxylation is 1. The molecule has 0 spiro atoms. The molecule has 0 saturated heterocycles. The lowest BCUT2D eigenvalue weighted by Gasteiger charge is -2.31. The van der Waals surface area contributed by atoms with Crippen molar-refractivity contribution in [2.45, 2.75) is 44.4 Å². The van der Waals surface area contributed by atoms with Gasteiger partial charge in [-0.1, -0.05) is 52.5 Å². The first-order chi connectivity index (χ1) is 12.6. The fourth-order valence-corrected chi connectivity index (χ4v) is 4.26. The number of hydrogen-bond acceptors (Lipinski definition) is 3. The summed E-state index contributed by atoms with van der Waals surface area (Å²) >= 11 is 3.51. The highest BCUT2D eigenvalue weighted by Gasteiger charge is 2.27. The van der Waals surface area contributed by atoms with Crippen molar-refractivity contribution < 1.29 is 5.21 Å². The van der Waals surface area contributed by atoms with Gasteiger partial charge in [-0.05, 0) is 48.4 Å². The quantitative estimate of drug-likeness (QED) is 0.419. The second kappa shape index (κ2) is 8.67. The summed E-state index contributed by atoms with van der Waals surface area (Å²) < 4.78 is 2.59. The minimum absolute atomic E-state index is 0.0669. The smallest absolute Gasteiger partial charge is 0.250 e. The molecular formula is C21H25BrN2O2. The predicted molar refractivity (Wildman–Crippen MR) is 108 cm³/mol. The van der Waals surface area contributed by atoms with E-state index in [4.69, 9.17) is 0 Å². The summed E-state index contributed by atoms with van der Waals surface area (Å²) in [6.45, 7) is 0. The Bertz CT molecular complexity index is 821. The number of pyridine rings is 1. The van der Waals surface area contributed by atoms with Crippen molar-refractivity contribution in [1.82, 2.24) is 4.57 Å². The lowest BCUT2D eigenvalue weighted by Crippen LogP contribution is -2.22. The van der Waals surface area contributed by atoms with Crippen LogP contribution in [0.4, 0.5) is 0 Å². The molecule has 4 nitrogen and oxygen atoms in total. The summed E-state index contributed by atoms with van der Waals surface area (Å²) in [7, 11) is 1.72. The normalized spacial score (nSPS) is 17.2. The predicted octanol–water partition coefficient (Wildman–Crippen LogP) is 5.08. The highest BCUT2D eigenvalue weighted by atomic mass is 79.9. The van der Waals surface area contributed by atoms with E-state index in [1.54, 1.807) is 19.3 Å². The minimum Gasteiger partial charge on any atom is -0.411 e. The maximum atomic E-state index is 11.7. The molecule has 1 unspecified atom stereocenters. The highest BCUT2D eigenvalue weighted by Crippen LogP contribution is 2.39. The molecule has 1 aliphatic carbocycles. The van der Waals surface area contributed by atoms with Crippen LogP contribution < -0.4 is 5.56 Å². The van der Waals surface area contributed by atoms with E-state index in [1.165, 1.54) is 48.3 Å². The van der Waals surface area contributed by atoms with Gasteiger partial charge in [0.15, 0.2) is 0 Å². The van der Waals surface area contributed by atoms with E-state index in [9.17, 15) is 10.0 Å². The van der Waals surface area contributed by atoms with Crippen molar-refractivity contribution in [3.63, 3.8) is 0 Å². The number of nitrogens with zero attached hydrogens (tertiary/aromatic N) is 2. The van der Waals surface area contributed by atoms with Crippen LogP contribution in [-0.4, -0.2) is 15.5 Å². The van der Waals surface area contributed by atoms with E-state index in [2.05, 4.69) is 45.4 Å². The van der Waals surface area contributed by atoms with Crippen molar-refractivity contribution in [3.8, 4) is 0 Å². The second-order valence-corrected chi connectivity index (χ2v) is 8.09. The summed E-state index contributed by atoms with van der Waals surface area (Å²) in [5.41, 5.74) is 2.65. The maximum Gasteiger partial charge on any atom is 0.250 e. The van der Waals surface area contributed by atoms with Crippen LogP contribution in [0, 0.1) is 5.92 Å². The average molecular weight is 417 g/mol. The fourth-order valence-electron chi connectivity index (χ4n) is 3.99. The number of aromatic nitrogens is 1. The third-order valence-corrected chi connectivity index (χ3v) is 6.00. The van der Waals surface area contributed by atoms with Gasteiger partial charge in [0.2, 0.25) is 5.56 Å². The van der Waals surface area contributed by atoms with Crippen LogP contribution in [0.5, 0.6) is 0 Å². The van der Waals surface area contributed by atoms with Crippen molar-refractivity contribution in [3.05, 3.63) is 68.5 Å². The summed E-state index contributed by atoms with van der Waals surface area (Å²) in [5.74, 6) is 0.903. The Labute approximate surface area is 162 Å². The molecule has 0 radical (unpaired) electrons. The van der Waals surface area contributed by atoms with Gasteiger partial charge in [-0.15, -0.1) is 0 Å². The molecule has 1 fully saturated rings. The molecule has 138 valence electrons. The van der Waals surface area contributed by atoms with Crippen LogP contribution in [0.25, 0.3) is 0 Å². The van der Waals surface area contributed by atoms with E-state index in [1.807, 2.05) is 0 Å². The van der Waals surface area contributed by atoms with Crippen LogP contribution in [0.1, 0.15) is 55.6 Å². The maximum absolute atomic E-state index is 11.7. The van der Waals surface area contributed by atoms with Gasteiger partial charge in [0.05, 0.1) is 5.71 Å². The lowest BCUT2D eigenvalue weighted by atomic mass is 9.74. The number of benzene rings is 1. The van der Waals surface area contributed by atoms with E-state index in [-0.39, 0.29) is 5.56 Å². The molecule has 3 rings (SSSR count). The van der Waals surface area contributed by atoms with Crippen LogP contribution in [0.15, 0.2) is 57.0 Å². The summed E-state index contributed by atoms with van der Waals surface area (Å²) in [4.78, 5) is 11.7. The molecule has 0 bridgehead atoms. The van der Waals surface area contributed by atoms with Crippen molar-refractivity contribution in [2.24, 2.45) is 18.1 Å². The van der Waals surface area contributed by atoms with Crippen molar-refractivity contribution in [1.29, 1.82) is 0 Å². The van der Waals surface area contributed by atoms with Gasteiger partial charge in [-0.2, -0.15) is 0 Å². The van der Waals surface area contributed by atoms with E-state index in [0.717, 1.165) is 10.0 Å². The Balaban J connectivity index is 1.91. The van der Waals surface area contributed by atoms with Gasteiger partial charge in [-0.3, -0.25) is 4.79 Å². The average Bonchev–Trinajstić information content (AvgIpc) is 2.67. The van der Waals surface area contributed by atoms with Crippen molar-refractivity contribution >= 4 is 21.6 Å². The fraction of sp³-hybridized carbons (Fsp3) is 0.429. The number of rotatable bonds is 5. The first-order valence-electron chi connectivity index (χ1n) is 9.22. The summed E-state index contributed by atoms with van der Waals surface area (Å²) in [6.07, 6.45) is 8.69. The summed E-state index contributed by atoms with van der Waals surface area (Å²) in [5, 5.41) is 13.3. The van der Waals surface area contributed by atoms with Gasteiger partial charge >= 0.3 is 0 Å². The molecule has 1 aromatic heterocycles. The molecule has 1 atom stereocenters. The molecule has 0 amide bonds. The van der Waals surface area contributed by atoms with Gasteiger partial charge in [-0.25, -0.2) is 0 Å². The standard InChI is InChI=1S/C21H25BrN2O2/c1-24-14-17(9-12-21(24)25)20(23-26)13-19(15-5-3-2-4-6-15)16-7-10-18(22)11-8-16/h7-12,14-15,19,26H,2-6,13H2,1H3. The lowest BCUT2D eigenvalue weighted by molar-refractivity contribution is 0.298. The zero-order valence-corrected chi connectivity index (χ0v) is 16.7. The van der Waals surface area contributed by atoms with Crippen LogP contribution in [0.3, 0.4) is 0 Å². The summed E-state index contributed by atoms with van der Waals surface area (Å²) in [6, 6.07) is 11.8. The van der Waals surface area contributed by atoms with Crippen LogP contribution in [-0.2, 0) is 7.05 Å². The first kappa shape index (κ1) is 18.9. The SMILES string of the molecule is Cn1cc(C(CC(c2ccc(Br)cc2)C2CCCCC2)=NO)ccc1=O. The molecule has 0 aliphatic heterocycles. The molecule has 5 heteroatoms. The van der Waals surface area contributed by atoms with Crippen molar-refractivity contribution in [2.75, 3.05) is 0 Å². The third kappa shape index (κ3) is 4.44. The number of oxime groups is 1. The van der Waals surface area contributed by atoms with Crippen LogP contribution >= 0.6 is 15.9 Å². The highest BCUT2D eigenvalue weighted by molar-refractivity contribution is 9.10. The minimum atomic E-state index is -0.0669. The van der Waals surface area contributed by atoms with Gasteiger partial charge in [0.1, 0.15) is 0 Å². The number of hydrogen-bond donors (Lipinski definition) is 1. The Hall–Kier alpha value is -1.88. The molecular weight excluding hydrogens is 392 g/mol. The molecule has 2 aromatic rings. The first-order valence-corrected chi connectivity index (χ1v) is 10.0. The Kier molecular flexibility index (Phi) is 6.30. The molecule has 1 aromatic carbocycles. The zero-order chi connectivity index (χ0) is 18.5. The second-order valence-electron chi connectivity index (χ2n) is 7.17. The van der Waals surface area contributed by atoms with Gasteiger partial charge < -0.3 is 9.77 Å². The number of halogens is 1. The molecule has 1 saturated carbocycles. The van der Waals surface area contributed by atoms with E-state index >= 15 is 0 Å². The molecule has 1 aliphatic rings.